The van der Waals surface area contributed by atoms with Gasteiger partial charge in [0.15, 0.2) is 0 Å². The van der Waals surface area contributed by atoms with Gasteiger partial charge in [-0.25, -0.2) is 15.0 Å². The first-order valence-electron chi connectivity index (χ1n) is 9.36. The van der Waals surface area contributed by atoms with Crippen LogP contribution in [0.15, 0.2) is 89.8 Å². The highest BCUT2D eigenvalue weighted by molar-refractivity contribution is 9.10. The van der Waals surface area contributed by atoms with Crippen molar-refractivity contribution in [1.29, 1.82) is 0 Å². The van der Waals surface area contributed by atoms with Gasteiger partial charge in [-0.3, -0.25) is 10.1 Å². The normalized spacial score (nSPS) is 10.5. The molecule has 2 aromatic carbocycles. The number of nitrogens with zero attached hydrogens (tertiary/aromatic N) is 5. The van der Waals surface area contributed by atoms with E-state index < -0.39 is 4.92 Å². The molecule has 0 aliphatic carbocycles. The van der Waals surface area contributed by atoms with Gasteiger partial charge >= 0.3 is 5.69 Å². The van der Waals surface area contributed by atoms with E-state index in [-0.39, 0.29) is 17.3 Å². The molecule has 2 aromatic heterocycles. The number of hydrogen-bond acceptors (Lipinski definition) is 7. The summed E-state index contributed by atoms with van der Waals surface area (Å²) in [4.78, 5) is 26.2. The molecule has 1 N–H and O–H groups in total. The third kappa shape index (κ3) is 4.84. The molecule has 0 radical (unpaired) electrons. The molecule has 8 nitrogen and oxygen atoms in total. The Kier molecular flexibility index (Phi) is 6.13. The van der Waals surface area contributed by atoms with Crippen molar-refractivity contribution < 1.29 is 4.92 Å². The predicted molar refractivity (Wildman–Crippen MR) is 123 cm³/mol. The fourth-order valence-corrected chi connectivity index (χ4v) is 3.47. The Hall–Kier alpha value is -3.85. The van der Waals surface area contributed by atoms with Crippen molar-refractivity contribution in [2.75, 3.05) is 10.2 Å². The zero-order chi connectivity index (χ0) is 21.6. The van der Waals surface area contributed by atoms with Crippen molar-refractivity contribution in [2.45, 2.75) is 6.54 Å². The molecule has 0 aliphatic heterocycles. The van der Waals surface area contributed by atoms with Gasteiger partial charge in [-0.1, -0.05) is 58.4 Å². The smallest absolute Gasteiger partial charge is 0.334 e. The van der Waals surface area contributed by atoms with E-state index in [4.69, 9.17) is 0 Å². The number of nitrogens with one attached hydrogen (secondary N) is 1. The Bertz CT molecular complexity index is 1190. The number of pyridine rings is 1. The quantitative estimate of drug-likeness (QED) is 0.272. The molecular formula is C22H17BrN6O2. The maximum Gasteiger partial charge on any atom is 0.354 e. The van der Waals surface area contributed by atoms with Gasteiger partial charge in [0.05, 0.1) is 11.5 Å². The molecule has 0 saturated heterocycles. The first-order chi connectivity index (χ1) is 15.1. The van der Waals surface area contributed by atoms with Crippen LogP contribution in [-0.2, 0) is 6.54 Å². The second-order valence-electron chi connectivity index (χ2n) is 6.55. The number of halogens is 1. The topological polar surface area (TPSA) is 97.1 Å². The molecule has 0 spiro atoms. The summed E-state index contributed by atoms with van der Waals surface area (Å²) in [5.41, 5.74) is 1.39. The zero-order valence-corrected chi connectivity index (χ0v) is 17.8. The van der Waals surface area contributed by atoms with E-state index >= 15 is 0 Å². The van der Waals surface area contributed by atoms with E-state index in [9.17, 15) is 10.1 Å². The predicted octanol–water partition coefficient (Wildman–Crippen LogP) is 5.62. The summed E-state index contributed by atoms with van der Waals surface area (Å²) in [6.45, 7) is 0.353. The maximum atomic E-state index is 12.1. The minimum atomic E-state index is -0.476. The Labute approximate surface area is 186 Å². The summed E-state index contributed by atoms with van der Waals surface area (Å²) in [6, 6.07) is 22.4. The molecule has 9 heteroatoms. The molecular weight excluding hydrogens is 460 g/mol. The Morgan fingerprint density at radius 2 is 1.77 bits per heavy atom. The van der Waals surface area contributed by atoms with E-state index in [1.807, 2.05) is 54.6 Å². The van der Waals surface area contributed by atoms with Crippen molar-refractivity contribution in [3.63, 3.8) is 0 Å². The summed E-state index contributed by atoms with van der Waals surface area (Å²) < 4.78 is 0.841. The van der Waals surface area contributed by atoms with Gasteiger partial charge < -0.3 is 10.2 Å². The average Bonchev–Trinajstić information content (AvgIpc) is 2.78. The van der Waals surface area contributed by atoms with E-state index in [1.54, 1.807) is 29.3 Å². The minimum Gasteiger partial charge on any atom is -0.334 e. The maximum absolute atomic E-state index is 12.1. The summed E-state index contributed by atoms with van der Waals surface area (Å²) >= 11 is 3.41. The van der Waals surface area contributed by atoms with Gasteiger partial charge in [-0.15, -0.1) is 0 Å². The van der Waals surface area contributed by atoms with Crippen molar-refractivity contribution >= 4 is 44.8 Å². The highest BCUT2D eigenvalue weighted by Gasteiger charge is 2.28. The lowest BCUT2D eigenvalue weighted by atomic mass is 10.2. The lowest BCUT2D eigenvalue weighted by Crippen LogP contribution is -2.21. The van der Waals surface area contributed by atoms with Crippen molar-refractivity contribution in [3.8, 4) is 0 Å². The standard InChI is InChI=1S/C22H17BrN6O2/c23-17-9-6-10-18(13-17)27-21-20(29(30)31)22(26-15-25-21)28(19-11-4-5-12-24-19)14-16-7-2-1-3-8-16/h1-13,15H,14H2,(H,25,26,27). The molecule has 4 rings (SSSR count). The molecule has 0 aliphatic rings. The number of rotatable bonds is 7. The third-order valence-electron chi connectivity index (χ3n) is 4.44. The Morgan fingerprint density at radius 3 is 2.48 bits per heavy atom. The lowest BCUT2D eigenvalue weighted by molar-refractivity contribution is -0.383. The van der Waals surface area contributed by atoms with Crippen LogP contribution < -0.4 is 10.2 Å². The number of nitro groups is 1. The van der Waals surface area contributed by atoms with Gasteiger partial charge in [0.25, 0.3) is 0 Å². The van der Waals surface area contributed by atoms with Gasteiger partial charge in [0.1, 0.15) is 12.1 Å². The lowest BCUT2D eigenvalue weighted by Gasteiger charge is -2.23. The van der Waals surface area contributed by atoms with Crippen LogP contribution in [0.25, 0.3) is 0 Å². The van der Waals surface area contributed by atoms with E-state index in [0.717, 1.165) is 10.0 Å². The molecule has 0 fully saturated rings. The van der Waals surface area contributed by atoms with E-state index in [0.29, 0.717) is 18.1 Å². The molecule has 0 unspecified atom stereocenters. The highest BCUT2D eigenvalue weighted by Crippen LogP contribution is 2.37. The summed E-state index contributed by atoms with van der Waals surface area (Å²) in [6.07, 6.45) is 2.95. The summed E-state index contributed by atoms with van der Waals surface area (Å²) in [5.74, 6) is 0.795. The molecule has 0 saturated carbocycles. The number of hydrogen-bond donors (Lipinski definition) is 1. The van der Waals surface area contributed by atoms with Crippen LogP contribution in [0.5, 0.6) is 0 Å². The van der Waals surface area contributed by atoms with Gasteiger partial charge in [-0.2, -0.15) is 0 Å². The monoisotopic (exact) mass is 476 g/mol. The average molecular weight is 477 g/mol. The number of anilines is 4. The van der Waals surface area contributed by atoms with Gasteiger partial charge in [0.2, 0.25) is 11.6 Å². The summed E-state index contributed by atoms with van der Waals surface area (Å²) in [7, 11) is 0. The molecule has 2 heterocycles. The highest BCUT2D eigenvalue weighted by atomic mass is 79.9. The first kappa shape index (κ1) is 20.4. The van der Waals surface area contributed by atoms with Gasteiger partial charge in [-0.05, 0) is 35.9 Å². The van der Waals surface area contributed by atoms with Crippen LogP contribution in [0.1, 0.15) is 5.56 Å². The number of benzene rings is 2. The molecule has 154 valence electrons. The fourth-order valence-electron chi connectivity index (χ4n) is 3.07. The SMILES string of the molecule is O=[N+]([O-])c1c(Nc2cccc(Br)c2)ncnc1N(Cc1ccccc1)c1ccccn1. The largest absolute Gasteiger partial charge is 0.354 e. The summed E-state index contributed by atoms with van der Waals surface area (Å²) in [5, 5.41) is 15.2. The zero-order valence-electron chi connectivity index (χ0n) is 16.2. The molecule has 31 heavy (non-hydrogen) atoms. The molecule has 0 bridgehead atoms. The van der Waals surface area contributed by atoms with E-state index in [2.05, 4.69) is 36.2 Å². The van der Waals surface area contributed by atoms with Crippen molar-refractivity contribution in [3.05, 3.63) is 105 Å². The Morgan fingerprint density at radius 1 is 0.968 bits per heavy atom. The van der Waals surface area contributed by atoms with Crippen molar-refractivity contribution in [2.24, 2.45) is 0 Å². The van der Waals surface area contributed by atoms with E-state index in [1.165, 1.54) is 6.33 Å². The second-order valence-corrected chi connectivity index (χ2v) is 7.46. The van der Waals surface area contributed by atoms with Crippen LogP contribution in [0.2, 0.25) is 0 Å². The minimum absolute atomic E-state index is 0.0992. The van der Waals surface area contributed by atoms with Crippen molar-refractivity contribution in [1.82, 2.24) is 15.0 Å². The third-order valence-corrected chi connectivity index (χ3v) is 4.93. The second kappa shape index (κ2) is 9.31. The first-order valence-corrected chi connectivity index (χ1v) is 10.2. The Balaban J connectivity index is 1.81. The molecule has 0 amide bonds. The molecule has 4 aromatic rings. The number of aromatic nitrogens is 3. The van der Waals surface area contributed by atoms with Crippen LogP contribution in [-0.4, -0.2) is 19.9 Å². The van der Waals surface area contributed by atoms with Crippen LogP contribution in [0, 0.1) is 10.1 Å². The fraction of sp³-hybridized carbons (Fsp3) is 0.0455. The van der Waals surface area contributed by atoms with Crippen LogP contribution in [0.4, 0.5) is 28.8 Å². The van der Waals surface area contributed by atoms with Gasteiger partial charge in [0, 0.05) is 16.4 Å². The molecule has 0 atom stereocenters. The van der Waals surface area contributed by atoms with Crippen LogP contribution >= 0.6 is 15.9 Å². The van der Waals surface area contributed by atoms with Crippen LogP contribution in [0.3, 0.4) is 0 Å².